The van der Waals surface area contributed by atoms with E-state index in [1.54, 1.807) is 23.0 Å². The molecule has 3 aromatic heterocycles. The Balaban J connectivity index is 1.85. The third-order valence-corrected chi connectivity index (χ3v) is 3.89. The Hall–Kier alpha value is -2.22. The average Bonchev–Trinajstić information content (AvgIpc) is 2.94. The van der Waals surface area contributed by atoms with Crippen molar-refractivity contribution in [3.05, 3.63) is 46.5 Å². The minimum atomic E-state index is -0.0837. The molecule has 7 nitrogen and oxygen atoms in total. The highest BCUT2D eigenvalue weighted by molar-refractivity contribution is 7.98. The van der Waals surface area contributed by atoms with Crippen molar-refractivity contribution in [1.29, 1.82) is 0 Å². The van der Waals surface area contributed by atoms with Crippen LogP contribution >= 0.6 is 11.8 Å². The maximum atomic E-state index is 12.0. The van der Waals surface area contributed by atoms with Gasteiger partial charge in [0, 0.05) is 18.0 Å². The van der Waals surface area contributed by atoms with Crippen LogP contribution in [0, 0.1) is 0 Å². The highest BCUT2D eigenvalue weighted by Crippen LogP contribution is 2.20. The van der Waals surface area contributed by atoms with Gasteiger partial charge in [0.1, 0.15) is 5.65 Å². The summed E-state index contributed by atoms with van der Waals surface area (Å²) in [6.45, 7) is 4.03. The van der Waals surface area contributed by atoms with Gasteiger partial charge in [-0.05, 0) is 36.4 Å². The first-order valence-corrected chi connectivity index (χ1v) is 7.51. The third-order valence-electron chi connectivity index (χ3n) is 2.92. The van der Waals surface area contributed by atoms with Crippen molar-refractivity contribution < 1.29 is 0 Å². The van der Waals surface area contributed by atoms with Crippen LogP contribution in [-0.2, 0) is 5.75 Å². The van der Waals surface area contributed by atoms with Gasteiger partial charge >= 0.3 is 0 Å². The molecule has 3 heterocycles. The molecule has 0 spiro atoms. The van der Waals surface area contributed by atoms with Crippen molar-refractivity contribution in [3.63, 3.8) is 0 Å². The van der Waals surface area contributed by atoms with E-state index in [1.807, 2.05) is 26.0 Å². The molecule has 0 aliphatic heterocycles. The lowest BCUT2D eigenvalue weighted by molar-refractivity contribution is 0.477. The van der Waals surface area contributed by atoms with E-state index >= 15 is 0 Å². The summed E-state index contributed by atoms with van der Waals surface area (Å²) in [6.07, 6.45) is 1.71. The zero-order chi connectivity index (χ0) is 14.8. The summed E-state index contributed by atoms with van der Waals surface area (Å²) in [4.78, 5) is 16.5. The largest absolute Gasteiger partial charge is 0.269 e. The minimum absolute atomic E-state index is 0.0837. The van der Waals surface area contributed by atoms with Gasteiger partial charge in [0.2, 0.25) is 5.16 Å². The van der Waals surface area contributed by atoms with Crippen LogP contribution in [0.5, 0.6) is 0 Å². The Kier molecular flexibility index (Phi) is 3.70. The van der Waals surface area contributed by atoms with Crippen molar-refractivity contribution in [2.24, 2.45) is 0 Å². The molecule has 0 aromatic carbocycles. The van der Waals surface area contributed by atoms with Crippen LogP contribution in [0.1, 0.15) is 25.6 Å². The van der Waals surface area contributed by atoms with Gasteiger partial charge in [0.15, 0.2) is 0 Å². The number of aromatic nitrogens is 6. The molecule has 0 fully saturated rings. The first-order valence-electron chi connectivity index (χ1n) is 6.53. The molecular weight excluding hydrogens is 288 g/mol. The van der Waals surface area contributed by atoms with Crippen molar-refractivity contribution >= 4 is 17.4 Å². The highest BCUT2D eigenvalue weighted by Gasteiger charge is 2.11. The summed E-state index contributed by atoms with van der Waals surface area (Å²) >= 11 is 1.47. The molecule has 0 saturated carbocycles. The average molecular weight is 302 g/mol. The Morgan fingerprint density at radius 2 is 2.19 bits per heavy atom. The van der Waals surface area contributed by atoms with Gasteiger partial charge in [-0.2, -0.15) is 0 Å². The van der Waals surface area contributed by atoms with E-state index in [2.05, 4.69) is 20.5 Å². The lowest BCUT2D eigenvalue weighted by Crippen LogP contribution is -2.14. The van der Waals surface area contributed by atoms with E-state index in [0.717, 1.165) is 10.9 Å². The molecule has 0 amide bonds. The fourth-order valence-corrected chi connectivity index (χ4v) is 2.82. The predicted molar refractivity (Wildman–Crippen MR) is 79.2 cm³/mol. The van der Waals surface area contributed by atoms with Crippen LogP contribution in [0.25, 0.3) is 5.65 Å². The molecule has 8 heteroatoms. The quantitative estimate of drug-likeness (QED) is 0.681. The summed E-state index contributed by atoms with van der Waals surface area (Å²) in [6, 6.07) is 7.22. The summed E-state index contributed by atoms with van der Waals surface area (Å²) in [7, 11) is 0. The zero-order valence-electron chi connectivity index (χ0n) is 11.7. The van der Waals surface area contributed by atoms with Crippen LogP contribution in [0.2, 0.25) is 0 Å². The standard InChI is InChI=1S/C13H14N6OS/c1-9(2)19-13(15-16-17-19)21-8-10-7-12(20)18-6-4-3-5-11(18)14-10/h3-7,9H,8H2,1-2H3. The Morgan fingerprint density at radius 3 is 3.00 bits per heavy atom. The van der Waals surface area contributed by atoms with Crippen LogP contribution in [-0.4, -0.2) is 29.6 Å². The fourth-order valence-electron chi connectivity index (χ4n) is 1.92. The second kappa shape index (κ2) is 5.65. The maximum Gasteiger partial charge on any atom is 0.258 e. The van der Waals surface area contributed by atoms with Gasteiger partial charge in [0.25, 0.3) is 5.56 Å². The van der Waals surface area contributed by atoms with Crippen molar-refractivity contribution in [1.82, 2.24) is 29.6 Å². The molecule has 0 bridgehead atoms. The van der Waals surface area contributed by atoms with E-state index in [9.17, 15) is 4.79 Å². The Bertz CT molecular complexity index is 825. The molecule has 0 aliphatic rings. The number of pyridine rings is 1. The third kappa shape index (κ3) is 2.80. The normalized spacial score (nSPS) is 11.4. The van der Waals surface area contributed by atoms with Crippen LogP contribution in [0.4, 0.5) is 0 Å². The number of hydrogen-bond donors (Lipinski definition) is 0. The summed E-state index contributed by atoms with van der Waals surface area (Å²) in [5, 5.41) is 12.3. The van der Waals surface area contributed by atoms with Gasteiger partial charge in [-0.1, -0.05) is 17.8 Å². The molecule has 0 saturated heterocycles. The number of hydrogen-bond acceptors (Lipinski definition) is 6. The molecule has 0 unspecified atom stereocenters. The highest BCUT2D eigenvalue weighted by atomic mass is 32.2. The molecule has 21 heavy (non-hydrogen) atoms. The Morgan fingerprint density at radius 1 is 1.33 bits per heavy atom. The van der Waals surface area contributed by atoms with Crippen molar-refractivity contribution in [2.45, 2.75) is 30.8 Å². The molecule has 108 valence electrons. The maximum absolute atomic E-state index is 12.0. The summed E-state index contributed by atoms with van der Waals surface area (Å²) in [5.41, 5.74) is 1.28. The van der Waals surface area contributed by atoms with E-state index in [-0.39, 0.29) is 11.6 Å². The van der Waals surface area contributed by atoms with Gasteiger partial charge in [0.05, 0.1) is 11.7 Å². The number of thioether (sulfide) groups is 1. The number of nitrogens with zero attached hydrogens (tertiary/aromatic N) is 6. The number of fused-ring (bicyclic) bond motifs is 1. The number of rotatable bonds is 4. The second-order valence-electron chi connectivity index (χ2n) is 4.80. The van der Waals surface area contributed by atoms with Gasteiger partial charge in [-0.25, -0.2) is 9.67 Å². The Labute approximate surface area is 125 Å². The summed E-state index contributed by atoms with van der Waals surface area (Å²) in [5.74, 6) is 0.549. The van der Waals surface area contributed by atoms with Crippen molar-refractivity contribution in [3.8, 4) is 0 Å². The van der Waals surface area contributed by atoms with Gasteiger partial charge in [-0.15, -0.1) is 5.10 Å². The van der Waals surface area contributed by atoms with Crippen LogP contribution < -0.4 is 5.56 Å². The monoisotopic (exact) mass is 302 g/mol. The molecule has 0 N–H and O–H groups in total. The number of tetrazole rings is 1. The first-order chi connectivity index (χ1) is 10.1. The van der Waals surface area contributed by atoms with E-state index in [4.69, 9.17) is 0 Å². The van der Waals surface area contributed by atoms with Crippen LogP contribution in [0.15, 0.2) is 40.4 Å². The summed E-state index contributed by atoms with van der Waals surface area (Å²) < 4.78 is 3.27. The predicted octanol–water partition coefficient (Wildman–Crippen LogP) is 1.55. The SMILES string of the molecule is CC(C)n1nnnc1SCc1cc(=O)n2ccccc2n1. The fraction of sp³-hybridized carbons (Fsp3) is 0.308. The van der Waals surface area contributed by atoms with E-state index in [1.165, 1.54) is 16.2 Å². The van der Waals surface area contributed by atoms with Gasteiger partial charge in [-0.3, -0.25) is 9.20 Å². The lowest BCUT2D eigenvalue weighted by Gasteiger charge is -2.07. The smallest absolute Gasteiger partial charge is 0.258 e. The molecule has 3 rings (SSSR count). The van der Waals surface area contributed by atoms with Gasteiger partial charge < -0.3 is 0 Å². The van der Waals surface area contributed by atoms with Crippen LogP contribution in [0.3, 0.4) is 0 Å². The molecule has 0 aliphatic carbocycles. The van der Waals surface area contributed by atoms with E-state index in [0.29, 0.717) is 11.4 Å². The first kappa shape index (κ1) is 13.7. The second-order valence-corrected chi connectivity index (χ2v) is 5.75. The zero-order valence-corrected chi connectivity index (χ0v) is 12.5. The molecule has 0 atom stereocenters. The molecule has 0 radical (unpaired) electrons. The topological polar surface area (TPSA) is 78.0 Å². The van der Waals surface area contributed by atoms with Crippen molar-refractivity contribution in [2.75, 3.05) is 0 Å². The lowest BCUT2D eigenvalue weighted by atomic mass is 10.4. The molecular formula is C13H14N6OS. The van der Waals surface area contributed by atoms with E-state index < -0.39 is 0 Å². The minimum Gasteiger partial charge on any atom is -0.269 e. The molecule has 3 aromatic rings.